The molecular formula is C14H20O. The van der Waals surface area contributed by atoms with Crippen molar-refractivity contribution in [3.63, 3.8) is 0 Å². The first-order chi connectivity index (χ1) is 7.16. The first-order valence-corrected chi connectivity index (χ1v) is 5.85. The molecule has 1 heteroatoms. The molecule has 82 valence electrons. The standard InChI is InChI=1S/C14H20O/c1-4-9-15-13-10-14(13,3)12-7-5-11(2)6-8-12/h5-8,13H,4,9-10H2,1-3H3/t13-,14+/m0/s1. The van der Waals surface area contributed by atoms with Crippen LogP contribution in [0.5, 0.6) is 0 Å². The Hall–Kier alpha value is -0.820. The van der Waals surface area contributed by atoms with Crippen molar-refractivity contribution in [2.45, 2.75) is 45.1 Å². The lowest BCUT2D eigenvalue weighted by atomic mass is 9.97. The van der Waals surface area contributed by atoms with Gasteiger partial charge in [0.05, 0.1) is 6.10 Å². The molecule has 1 aliphatic rings. The summed E-state index contributed by atoms with van der Waals surface area (Å²) in [6.07, 6.45) is 2.73. The maximum Gasteiger partial charge on any atom is 0.0679 e. The molecule has 0 spiro atoms. The molecule has 1 aliphatic carbocycles. The minimum absolute atomic E-state index is 0.281. The summed E-state index contributed by atoms with van der Waals surface area (Å²) in [5.74, 6) is 0. The molecule has 1 fully saturated rings. The van der Waals surface area contributed by atoms with Gasteiger partial charge in [-0.1, -0.05) is 43.7 Å². The predicted octanol–water partition coefficient (Wildman–Crippen LogP) is 3.45. The van der Waals surface area contributed by atoms with E-state index in [9.17, 15) is 0 Å². The number of benzene rings is 1. The van der Waals surface area contributed by atoms with Crippen LogP contribution in [0.4, 0.5) is 0 Å². The van der Waals surface area contributed by atoms with E-state index in [0.717, 1.165) is 13.0 Å². The van der Waals surface area contributed by atoms with Crippen molar-refractivity contribution in [2.24, 2.45) is 0 Å². The van der Waals surface area contributed by atoms with Crippen LogP contribution >= 0.6 is 0 Å². The van der Waals surface area contributed by atoms with E-state index in [1.54, 1.807) is 0 Å². The Bertz CT molecular complexity index is 328. The minimum Gasteiger partial charge on any atom is -0.377 e. The Morgan fingerprint density at radius 2 is 2.00 bits per heavy atom. The van der Waals surface area contributed by atoms with Crippen molar-refractivity contribution >= 4 is 0 Å². The van der Waals surface area contributed by atoms with Crippen molar-refractivity contribution in [3.8, 4) is 0 Å². The van der Waals surface area contributed by atoms with Crippen LogP contribution in [-0.4, -0.2) is 12.7 Å². The summed E-state index contributed by atoms with van der Waals surface area (Å²) in [4.78, 5) is 0. The van der Waals surface area contributed by atoms with Crippen LogP contribution in [0.25, 0.3) is 0 Å². The summed E-state index contributed by atoms with van der Waals surface area (Å²) in [5, 5.41) is 0. The Kier molecular flexibility index (Phi) is 2.83. The summed E-state index contributed by atoms with van der Waals surface area (Å²) in [5.41, 5.74) is 3.03. The number of hydrogen-bond donors (Lipinski definition) is 0. The number of hydrogen-bond acceptors (Lipinski definition) is 1. The van der Waals surface area contributed by atoms with E-state index in [-0.39, 0.29) is 5.41 Å². The molecule has 1 aromatic carbocycles. The first-order valence-electron chi connectivity index (χ1n) is 5.85. The Morgan fingerprint density at radius 3 is 2.60 bits per heavy atom. The minimum atomic E-state index is 0.281. The second kappa shape index (κ2) is 3.97. The van der Waals surface area contributed by atoms with Gasteiger partial charge in [-0.15, -0.1) is 0 Å². The maximum atomic E-state index is 5.80. The highest BCUT2D eigenvalue weighted by Gasteiger charge is 2.52. The van der Waals surface area contributed by atoms with Crippen LogP contribution in [0.15, 0.2) is 24.3 Å². The average Bonchev–Trinajstić information content (AvgIpc) is 2.89. The van der Waals surface area contributed by atoms with E-state index >= 15 is 0 Å². The number of aryl methyl sites for hydroxylation is 1. The SMILES string of the molecule is CCCO[C@H]1C[C@]1(C)c1ccc(C)cc1. The number of rotatable bonds is 4. The molecule has 1 aromatic rings. The Morgan fingerprint density at radius 1 is 1.33 bits per heavy atom. The van der Waals surface area contributed by atoms with E-state index in [4.69, 9.17) is 4.74 Å². The third kappa shape index (κ3) is 2.07. The van der Waals surface area contributed by atoms with E-state index in [2.05, 4.69) is 45.0 Å². The van der Waals surface area contributed by atoms with Gasteiger partial charge in [0.2, 0.25) is 0 Å². The largest absolute Gasteiger partial charge is 0.377 e. The van der Waals surface area contributed by atoms with Gasteiger partial charge in [0.15, 0.2) is 0 Å². The van der Waals surface area contributed by atoms with Crippen molar-refractivity contribution in [1.82, 2.24) is 0 Å². The van der Waals surface area contributed by atoms with Gasteiger partial charge >= 0.3 is 0 Å². The molecule has 0 radical (unpaired) electrons. The number of ether oxygens (including phenoxy) is 1. The van der Waals surface area contributed by atoms with Gasteiger partial charge in [0.25, 0.3) is 0 Å². The topological polar surface area (TPSA) is 9.23 Å². The van der Waals surface area contributed by atoms with E-state index in [1.165, 1.54) is 17.5 Å². The van der Waals surface area contributed by atoms with Gasteiger partial charge in [-0.3, -0.25) is 0 Å². The molecule has 1 saturated carbocycles. The lowest BCUT2D eigenvalue weighted by molar-refractivity contribution is 0.106. The van der Waals surface area contributed by atoms with Gasteiger partial charge < -0.3 is 4.74 Å². The van der Waals surface area contributed by atoms with Crippen LogP contribution in [0.3, 0.4) is 0 Å². The van der Waals surface area contributed by atoms with Gasteiger partial charge in [-0.05, 0) is 25.3 Å². The van der Waals surface area contributed by atoms with E-state index in [0.29, 0.717) is 6.10 Å². The van der Waals surface area contributed by atoms with Gasteiger partial charge in [0, 0.05) is 12.0 Å². The highest BCUT2D eigenvalue weighted by molar-refractivity contribution is 5.35. The van der Waals surface area contributed by atoms with Gasteiger partial charge in [0.1, 0.15) is 0 Å². The Labute approximate surface area is 92.5 Å². The molecule has 0 N–H and O–H groups in total. The lowest BCUT2D eigenvalue weighted by Gasteiger charge is -2.12. The van der Waals surface area contributed by atoms with Crippen molar-refractivity contribution < 1.29 is 4.74 Å². The van der Waals surface area contributed by atoms with Gasteiger partial charge in [-0.2, -0.15) is 0 Å². The highest BCUT2D eigenvalue weighted by atomic mass is 16.5. The van der Waals surface area contributed by atoms with Crippen LogP contribution in [-0.2, 0) is 10.2 Å². The fourth-order valence-electron chi connectivity index (χ4n) is 2.07. The van der Waals surface area contributed by atoms with Crippen molar-refractivity contribution in [2.75, 3.05) is 6.61 Å². The zero-order valence-electron chi connectivity index (χ0n) is 9.92. The van der Waals surface area contributed by atoms with Crippen LogP contribution < -0.4 is 0 Å². The molecule has 2 rings (SSSR count). The lowest BCUT2D eigenvalue weighted by Crippen LogP contribution is -2.10. The van der Waals surface area contributed by atoms with Gasteiger partial charge in [-0.25, -0.2) is 0 Å². The van der Waals surface area contributed by atoms with Crippen LogP contribution in [0.2, 0.25) is 0 Å². The summed E-state index contributed by atoms with van der Waals surface area (Å²) in [7, 11) is 0. The zero-order chi connectivity index (χ0) is 10.9. The summed E-state index contributed by atoms with van der Waals surface area (Å²) >= 11 is 0. The van der Waals surface area contributed by atoms with Crippen molar-refractivity contribution in [1.29, 1.82) is 0 Å². The van der Waals surface area contributed by atoms with Crippen LogP contribution in [0, 0.1) is 6.92 Å². The molecule has 15 heavy (non-hydrogen) atoms. The third-order valence-electron chi connectivity index (χ3n) is 3.39. The van der Waals surface area contributed by atoms with Crippen LogP contribution in [0.1, 0.15) is 37.8 Å². The highest BCUT2D eigenvalue weighted by Crippen LogP contribution is 2.50. The fourth-order valence-corrected chi connectivity index (χ4v) is 2.07. The summed E-state index contributed by atoms with van der Waals surface area (Å²) in [6, 6.07) is 8.86. The van der Waals surface area contributed by atoms with E-state index < -0.39 is 0 Å². The molecule has 0 amide bonds. The average molecular weight is 204 g/mol. The summed E-state index contributed by atoms with van der Waals surface area (Å²) in [6.45, 7) is 7.49. The molecule has 2 atom stereocenters. The third-order valence-corrected chi connectivity index (χ3v) is 3.39. The second-order valence-corrected chi connectivity index (χ2v) is 4.85. The molecular weight excluding hydrogens is 184 g/mol. The molecule has 1 nitrogen and oxygen atoms in total. The zero-order valence-corrected chi connectivity index (χ0v) is 9.92. The maximum absolute atomic E-state index is 5.80. The predicted molar refractivity (Wildman–Crippen MR) is 63.2 cm³/mol. The fraction of sp³-hybridized carbons (Fsp3) is 0.571. The second-order valence-electron chi connectivity index (χ2n) is 4.85. The molecule has 0 saturated heterocycles. The molecule has 0 bridgehead atoms. The normalized spacial score (nSPS) is 29.1. The molecule has 0 aliphatic heterocycles. The summed E-state index contributed by atoms with van der Waals surface area (Å²) < 4.78 is 5.80. The molecule has 0 unspecified atom stereocenters. The first kappa shape index (κ1) is 10.7. The Balaban J connectivity index is 2.03. The quantitative estimate of drug-likeness (QED) is 0.730. The molecule has 0 aromatic heterocycles. The molecule has 0 heterocycles. The smallest absolute Gasteiger partial charge is 0.0679 e. The monoisotopic (exact) mass is 204 g/mol. The van der Waals surface area contributed by atoms with Crippen molar-refractivity contribution in [3.05, 3.63) is 35.4 Å². The van der Waals surface area contributed by atoms with E-state index in [1.807, 2.05) is 0 Å².